The Morgan fingerprint density at radius 3 is 2.61 bits per heavy atom. The fraction of sp³-hybridized carbons (Fsp3) is 0.529. The van der Waals surface area contributed by atoms with E-state index in [9.17, 15) is 9.59 Å². The molecule has 0 spiro atoms. The quantitative estimate of drug-likeness (QED) is 0.742. The maximum Gasteiger partial charge on any atom is 0.306 e. The molecule has 1 heterocycles. The first-order valence-electron chi connectivity index (χ1n) is 7.71. The summed E-state index contributed by atoms with van der Waals surface area (Å²) < 4.78 is 15.5. The van der Waals surface area contributed by atoms with Crippen LogP contribution in [-0.4, -0.2) is 56.8 Å². The number of methoxy groups -OCH3 is 2. The minimum atomic E-state index is -0.360. The van der Waals surface area contributed by atoms with Gasteiger partial charge < -0.3 is 19.1 Å². The Kier molecular flexibility index (Phi) is 6.40. The van der Waals surface area contributed by atoms with E-state index in [4.69, 9.17) is 9.47 Å². The molecule has 1 aromatic carbocycles. The van der Waals surface area contributed by atoms with Crippen LogP contribution in [0.1, 0.15) is 18.4 Å². The van der Waals surface area contributed by atoms with E-state index in [0.717, 1.165) is 17.7 Å². The van der Waals surface area contributed by atoms with Crippen molar-refractivity contribution in [3.63, 3.8) is 0 Å². The summed E-state index contributed by atoms with van der Waals surface area (Å²) in [5.74, 6) is 0.428. The van der Waals surface area contributed by atoms with Gasteiger partial charge >= 0.3 is 5.97 Å². The number of hydrogen-bond acceptors (Lipinski definition) is 5. The lowest BCUT2D eigenvalue weighted by atomic mass is 10.1. The fourth-order valence-corrected chi connectivity index (χ4v) is 2.56. The predicted molar refractivity (Wildman–Crippen MR) is 84.3 cm³/mol. The molecule has 0 bridgehead atoms. The van der Waals surface area contributed by atoms with Crippen molar-refractivity contribution in [2.24, 2.45) is 0 Å². The number of carbonyl (C=O) groups excluding carboxylic acids is 2. The summed E-state index contributed by atoms with van der Waals surface area (Å²) in [6, 6.07) is 7.83. The second-order valence-corrected chi connectivity index (χ2v) is 5.46. The molecule has 0 unspecified atom stereocenters. The summed E-state index contributed by atoms with van der Waals surface area (Å²) in [7, 11) is 2.96. The second-order valence-electron chi connectivity index (χ2n) is 5.46. The standard InChI is InChI=1S/C17H23NO5/c1-21-14-5-3-13(4-6-14)11-15-12-18(9-10-23-15)16(19)7-8-17(20)22-2/h3-6,15H,7-12H2,1-2H3/t15-/m1/s1. The van der Waals surface area contributed by atoms with E-state index in [2.05, 4.69) is 4.74 Å². The predicted octanol–water partition coefficient (Wildman–Crippen LogP) is 1.42. The van der Waals surface area contributed by atoms with E-state index in [0.29, 0.717) is 19.7 Å². The molecule has 0 saturated carbocycles. The van der Waals surface area contributed by atoms with Gasteiger partial charge in [-0.2, -0.15) is 0 Å². The van der Waals surface area contributed by atoms with Crippen LogP contribution < -0.4 is 4.74 Å². The van der Waals surface area contributed by atoms with Crippen LogP contribution in [0.3, 0.4) is 0 Å². The first-order valence-corrected chi connectivity index (χ1v) is 7.71. The molecule has 1 aromatic rings. The highest BCUT2D eigenvalue weighted by atomic mass is 16.5. The van der Waals surface area contributed by atoms with Gasteiger partial charge in [0, 0.05) is 25.9 Å². The van der Waals surface area contributed by atoms with Crippen LogP contribution in [0.2, 0.25) is 0 Å². The van der Waals surface area contributed by atoms with Crippen molar-refractivity contribution in [1.82, 2.24) is 4.90 Å². The molecule has 0 aliphatic carbocycles. The van der Waals surface area contributed by atoms with Crippen LogP contribution in [0.15, 0.2) is 24.3 Å². The Morgan fingerprint density at radius 1 is 1.22 bits per heavy atom. The number of hydrogen-bond donors (Lipinski definition) is 0. The second kappa shape index (κ2) is 8.53. The van der Waals surface area contributed by atoms with Crippen LogP contribution >= 0.6 is 0 Å². The topological polar surface area (TPSA) is 65.1 Å². The van der Waals surface area contributed by atoms with E-state index >= 15 is 0 Å². The minimum absolute atomic E-state index is 0.0285. The van der Waals surface area contributed by atoms with Crippen LogP contribution in [0.25, 0.3) is 0 Å². The molecular weight excluding hydrogens is 298 g/mol. The first-order chi connectivity index (χ1) is 11.1. The fourth-order valence-electron chi connectivity index (χ4n) is 2.56. The third-order valence-electron chi connectivity index (χ3n) is 3.88. The molecule has 2 rings (SSSR count). The normalized spacial score (nSPS) is 17.7. The lowest BCUT2D eigenvalue weighted by Crippen LogP contribution is -2.46. The van der Waals surface area contributed by atoms with Crippen LogP contribution in [0.5, 0.6) is 5.75 Å². The summed E-state index contributed by atoms with van der Waals surface area (Å²) in [4.78, 5) is 25.0. The molecule has 0 aromatic heterocycles. The Balaban J connectivity index is 1.84. The van der Waals surface area contributed by atoms with Crippen molar-refractivity contribution in [2.75, 3.05) is 33.9 Å². The van der Waals surface area contributed by atoms with Gasteiger partial charge in [-0.3, -0.25) is 9.59 Å². The largest absolute Gasteiger partial charge is 0.497 e. The summed E-state index contributed by atoms with van der Waals surface area (Å²) in [5, 5.41) is 0. The number of nitrogens with zero attached hydrogens (tertiary/aromatic N) is 1. The molecule has 126 valence electrons. The average Bonchev–Trinajstić information content (AvgIpc) is 2.60. The van der Waals surface area contributed by atoms with Crippen LogP contribution in [-0.2, 0) is 25.5 Å². The Morgan fingerprint density at radius 2 is 1.96 bits per heavy atom. The van der Waals surface area contributed by atoms with Gasteiger partial charge in [-0.25, -0.2) is 0 Å². The van der Waals surface area contributed by atoms with Crippen molar-refractivity contribution in [2.45, 2.75) is 25.4 Å². The number of esters is 1. The first kappa shape index (κ1) is 17.3. The molecule has 6 heteroatoms. The van der Waals surface area contributed by atoms with Crippen molar-refractivity contribution >= 4 is 11.9 Å². The number of amides is 1. The molecule has 0 radical (unpaired) electrons. The van der Waals surface area contributed by atoms with E-state index in [1.54, 1.807) is 12.0 Å². The Labute approximate surface area is 136 Å². The van der Waals surface area contributed by atoms with E-state index in [-0.39, 0.29) is 30.8 Å². The van der Waals surface area contributed by atoms with Gasteiger partial charge in [0.05, 0.1) is 33.4 Å². The molecule has 1 aliphatic rings. The summed E-state index contributed by atoms with van der Waals surface area (Å²) in [5.41, 5.74) is 1.14. The molecule has 1 atom stereocenters. The summed E-state index contributed by atoms with van der Waals surface area (Å²) in [6.45, 7) is 1.63. The van der Waals surface area contributed by atoms with Gasteiger partial charge in [-0.15, -0.1) is 0 Å². The molecule has 6 nitrogen and oxygen atoms in total. The zero-order chi connectivity index (χ0) is 16.7. The molecule has 1 aliphatic heterocycles. The molecule has 1 saturated heterocycles. The number of carbonyl (C=O) groups is 2. The molecule has 23 heavy (non-hydrogen) atoms. The molecular formula is C17H23NO5. The van der Waals surface area contributed by atoms with Gasteiger partial charge in [0.25, 0.3) is 0 Å². The highest BCUT2D eigenvalue weighted by molar-refractivity contribution is 5.81. The third kappa shape index (κ3) is 5.25. The van der Waals surface area contributed by atoms with Crippen molar-refractivity contribution in [3.05, 3.63) is 29.8 Å². The van der Waals surface area contributed by atoms with Crippen molar-refractivity contribution in [3.8, 4) is 5.75 Å². The summed E-state index contributed by atoms with van der Waals surface area (Å²) in [6.07, 6.45) is 1.02. The number of morpholine rings is 1. The van der Waals surface area contributed by atoms with Gasteiger partial charge in [-0.05, 0) is 17.7 Å². The van der Waals surface area contributed by atoms with Crippen molar-refractivity contribution < 1.29 is 23.8 Å². The highest BCUT2D eigenvalue weighted by Gasteiger charge is 2.24. The minimum Gasteiger partial charge on any atom is -0.497 e. The summed E-state index contributed by atoms with van der Waals surface area (Å²) >= 11 is 0. The Hall–Kier alpha value is -2.08. The molecule has 1 amide bonds. The van der Waals surface area contributed by atoms with Crippen LogP contribution in [0.4, 0.5) is 0 Å². The lowest BCUT2D eigenvalue weighted by molar-refractivity contribution is -0.145. The van der Waals surface area contributed by atoms with E-state index in [1.165, 1.54) is 7.11 Å². The molecule has 1 fully saturated rings. The molecule has 0 N–H and O–H groups in total. The SMILES string of the molecule is COC(=O)CCC(=O)N1CCO[C@H](Cc2ccc(OC)cc2)C1. The lowest BCUT2D eigenvalue weighted by Gasteiger charge is -2.33. The van der Waals surface area contributed by atoms with E-state index in [1.807, 2.05) is 24.3 Å². The van der Waals surface area contributed by atoms with Gasteiger partial charge in [0.15, 0.2) is 0 Å². The Bertz CT molecular complexity index is 528. The zero-order valence-corrected chi connectivity index (χ0v) is 13.6. The van der Waals surface area contributed by atoms with Gasteiger partial charge in [0.1, 0.15) is 5.75 Å². The van der Waals surface area contributed by atoms with Crippen LogP contribution in [0, 0.1) is 0 Å². The van der Waals surface area contributed by atoms with E-state index < -0.39 is 0 Å². The third-order valence-corrected chi connectivity index (χ3v) is 3.88. The number of ether oxygens (including phenoxy) is 3. The highest BCUT2D eigenvalue weighted by Crippen LogP contribution is 2.16. The van der Waals surface area contributed by atoms with Crippen molar-refractivity contribution in [1.29, 1.82) is 0 Å². The number of rotatable bonds is 6. The van der Waals surface area contributed by atoms with Gasteiger partial charge in [-0.1, -0.05) is 12.1 Å². The van der Waals surface area contributed by atoms with Gasteiger partial charge in [0.2, 0.25) is 5.91 Å². The maximum atomic E-state index is 12.1. The average molecular weight is 321 g/mol. The number of benzene rings is 1. The maximum absolute atomic E-state index is 12.1. The monoisotopic (exact) mass is 321 g/mol. The zero-order valence-electron chi connectivity index (χ0n) is 13.6. The smallest absolute Gasteiger partial charge is 0.306 e.